The Hall–Kier alpha value is -4.57. The van der Waals surface area contributed by atoms with E-state index in [9.17, 15) is 9.18 Å². The molecule has 0 unspecified atom stereocenters. The highest BCUT2D eigenvalue weighted by atomic mass is 19.1. The molecule has 0 saturated heterocycles. The van der Waals surface area contributed by atoms with Crippen molar-refractivity contribution in [2.45, 2.75) is 0 Å². The van der Waals surface area contributed by atoms with Gasteiger partial charge in [0.2, 0.25) is 0 Å². The lowest BCUT2D eigenvalue weighted by molar-refractivity contribution is 0.102. The molecule has 4 rings (SSSR count). The maximum absolute atomic E-state index is 14.6. The van der Waals surface area contributed by atoms with Crippen LogP contribution in [-0.2, 0) is 7.05 Å². The van der Waals surface area contributed by atoms with Crippen molar-refractivity contribution >= 4 is 17.4 Å². The van der Waals surface area contributed by atoms with Crippen molar-refractivity contribution in [3.63, 3.8) is 0 Å². The number of imidazole rings is 1. The molecule has 0 saturated carbocycles. The number of anilines is 1. The van der Waals surface area contributed by atoms with Gasteiger partial charge in [-0.25, -0.2) is 20.8 Å². The third-order valence-electron chi connectivity index (χ3n) is 4.94. The zero-order valence-electron chi connectivity index (χ0n) is 17.7. The van der Waals surface area contributed by atoms with Gasteiger partial charge in [0.25, 0.3) is 5.91 Å². The average Bonchev–Trinajstić information content (AvgIpc) is 3.21. The van der Waals surface area contributed by atoms with Crippen LogP contribution >= 0.6 is 0 Å². The van der Waals surface area contributed by atoms with Crippen molar-refractivity contribution in [2.75, 3.05) is 5.32 Å². The van der Waals surface area contributed by atoms with Gasteiger partial charge in [-0.05, 0) is 42.5 Å². The lowest BCUT2D eigenvalue weighted by atomic mass is 10.0. The Labute approximate surface area is 188 Å². The molecule has 0 radical (unpaired) electrons. The smallest absolute Gasteiger partial charge is 0.258 e. The highest BCUT2D eigenvalue weighted by Crippen LogP contribution is 2.31. The van der Waals surface area contributed by atoms with Crippen LogP contribution in [0.25, 0.3) is 22.6 Å². The summed E-state index contributed by atoms with van der Waals surface area (Å²) in [5, 5.41) is 6.48. The summed E-state index contributed by atoms with van der Waals surface area (Å²) in [6, 6.07) is 16.6. The van der Waals surface area contributed by atoms with E-state index in [1.54, 1.807) is 66.6 Å². The number of aryl methyl sites for hydroxylation is 1. The predicted molar refractivity (Wildman–Crippen MR) is 124 cm³/mol. The van der Waals surface area contributed by atoms with Gasteiger partial charge in [0.15, 0.2) is 5.84 Å². The maximum atomic E-state index is 14.6. The number of hydrazone groups is 1. The summed E-state index contributed by atoms with van der Waals surface area (Å²) >= 11 is 0. The van der Waals surface area contributed by atoms with Crippen LogP contribution in [0.5, 0.6) is 0 Å². The number of nitrogens with two attached hydrogens (primary N) is 2. The van der Waals surface area contributed by atoms with E-state index >= 15 is 0 Å². The quantitative estimate of drug-likeness (QED) is 0.156. The lowest BCUT2D eigenvalue weighted by Crippen LogP contribution is -2.23. The molecular weight excluding hydrogens is 423 g/mol. The van der Waals surface area contributed by atoms with Crippen LogP contribution in [0.3, 0.4) is 0 Å². The van der Waals surface area contributed by atoms with E-state index in [0.717, 1.165) is 0 Å². The molecule has 2 aromatic carbocycles. The van der Waals surface area contributed by atoms with Gasteiger partial charge < -0.3 is 15.6 Å². The highest BCUT2D eigenvalue weighted by Gasteiger charge is 2.19. The van der Waals surface area contributed by atoms with Gasteiger partial charge >= 0.3 is 0 Å². The highest BCUT2D eigenvalue weighted by molar-refractivity contribution is 6.05. The topological polar surface area (TPSA) is 136 Å². The van der Waals surface area contributed by atoms with E-state index in [-0.39, 0.29) is 11.4 Å². The number of nitrogens with zero attached hydrogens (tertiary/aromatic N) is 4. The fourth-order valence-electron chi connectivity index (χ4n) is 3.38. The van der Waals surface area contributed by atoms with Crippen molar-refractivity contribution in [3.8, 4) is 22.6 Å². The molecule has 2 aromatic heterocycles. The molecule has 0 fully saturated rings. The number of hydrazine groups is 1. The zero-order chi connectivity index (χ0) is 23.4. The largest absolute Gasteiger partial charge is 0.382 e. The molecule has 1 amide bonds. The Balaban J connectivity index is 1.74. The van der Waals surface area contributed by atoms with Crippen molar-refractivity contribution in [2.24, 2.45) is 23.7 Å². The standard InChI is InChI=1S/C23H21FN8O/c1-32-13-28-20(19-12-15(9-10-27-19)22(25)30-31-26)21(32)14-7-8-18(24)17(11-14)23(33)29-16-5-3-2-4-6-16/h2-13,31H,26H2,1H3,(H2,25,30)(H,29,33). The van der Waals surface area contributed by atoms with Crippen LogP contribution in [0, 0.1) is 5.82 Å². The summed E-state index contributed by atoms with van der Waals surface area (Å²) in [7, 11) is 1.80. The maximum Gasteiger partial charge on any atom is 0.258 e. The number of rotatable bonds is 6. The van der Waals surface area contributed by atoms with Gasteiger partial charge in [-0.1, -0.05) is 18.2 Å². The first-order valence-corrected chi connectivity index (χ1v) is 9.91. The van der Waals surface area contributed by atoms with E-state index in [2.05, 4.69) is 25.9 Å². The monoisotopic (exact) mass is 444 g/mol. The minimum Gasteiger partial charge on any atom is -0.382 e. The van der Waals surface area contributed by atoms with Crippen molar-refractivity contribution in [1.29, 1.82) is 0 Å². The van der Waals surface area contributed by atoms with Gasteiger partial charge in [-0.3, -0.25) is 9.78 Å². The molecular formula is C23H21FN8O. The fourth-order valence-corrected chi connectivity index (χ4v) is 3.38. The molecule has 9 nitrogen and oxygen atoms in total. The van der Waals surface area contributed by atoms with E-state index in [1.165, 1.54) is 12.1 Å². The number of nitrogens with one attached hydrogen (secondary N) is 2. The number of aromatic nitrogens is 3. The number of benzene rings is 2. The molecule has 33 heavy (non-hydrogen) atoms. The van der Waals surface area contributed by atoms with Gasteiger partial charge in [0.1, 0.15) is 11.5 Å². The molecule has 0 aliphatic heterocycles. The summed E-state index contributed by atoms with van der Waals surface area (Å²) in [5.74, 6) is 4.20. The summed E-state index contributed by atoms with van der Waals surface area (Å²) in [6.07, 6.45) is 3.19. The predicted octanol–water partition coefficient (Wildman–Crippen LogP) is 2.62. The lowest BCUT2D eigenvalue weighted by Gasteiger charge is -2.11. The minimum absolute atomic E-state index is 0.0874. The Bertz CT molecular complexity index is 1330. The number of carbonyl (C=O) groups is 1. The number of carbonyl (C=O) groups excluding carboxylic acids is 1. The van der Waals surface area contributed by atoms with Gasteiger partial charge in [-0.15, -0.1) is 5.10 Å². The van der Waals surface area contributed by atoms with E-state index < -0.39 is 11.7 Å². The van der Waals surface area contributed by atoms with Gasteiger partial charge in [0.05, 0.1) is 23.3 Å². The molecule has 0 atom stereocenters. The summed E-state index contributed by atoms with van der Waals surface area (Å²) in [4.78, 5) is 21.6. The van der Waals surface area contributed by atoms with Crippen molar-refractivity contribution in [1.82, 2.24) is 20.1 Å². The van der Waals surface area contributed by atoms with E-state index in [0.29, 0.717) is 33.9 Å². The Morgan fingerprint density at radius 3 is 2.64 bits per heavy atom. The molecule has 0 bridgehead atoms. The van der Waals surface area contributed by atoms with Gasteiger partial charge in [0, 0.05) is 30.1 Å². The second-order valence-corrected chi connectivity index (χ2v) is 7.12. The molecule has 2 heterocycles. The second kappa shape index (κ2) is 9.28. The first-order valence-electron chi connectivity index (χ1n) is 9.91. The molecule has 166 valence electrons. The molecule has 0 aliphatic rings. The van der Waals surface area contributed by atoms with Crippen LogP contribution < -0.4 is 22.4 Å². The number of amides is 1. The van der Waals surface area contributed by atoms with Crippen LogP contribution in [0.1, 0.15) is 15.9 Å². The Morgan fingerprint density at radius 2 is 1.88 bits per heavy atom. The van der Waals surface area contributed by atoms with Gasteiger partial charge in [-0.2, -0.15) is 0 Å². The van der Waals surface area contributed by atoms with Crippen LogP contribution in [0.2, 0.25) is 0 Å². The average molecular weight is 444 g/mol. The molecule has 10 heteroatoms. The number of amidine groups is 1. The SMILES string of the molecule is Cn1cnc(-c2cc(/C(N)=N/NN)ccn2)c1-c1ccc(F)c(C(=O)Nc2ccccc2)c1. The molecule has 0 spiro atoms. The molecule has 4 aromatic rings. The number of pyridine rings is 1. The molecule has 0 aliphatic carbocycles. The summed E-state index contributed by atoms with van der Waals surface area (Å²) in [6.45, 7) is 0. The van der Waals surface area contributed by atoms with E-state index in [1.807, 2.05) is 6.07 Å². The normalized spacial score (nSPS) is 11.3. The number of hydrogen-bond donors (Lipinski definition) is 4. The first kappa shape index (κ1) is 21.7. The first-order chi connectivity index (χ1) is 16.0. The number of halogens is 1. The van der Waals surface area contributed by atoms with Crippen molar-refractivity contribution < 1.29 is 9.18 Å². The summed E-state index contributed by atoms with van der Waals surface area (Å²) < 4.78 is 16.3. The van der Waals surface area contributed by atoms with Crippen LogP contribution in [-0.4, -0.2) is 26.3 Å². The summed E-state index contributed by atoms with van der Waals surface area (Å²) in [5.41, 5.74) is 11.5. The van der Waals surface area contributed by atoms with Crippen LogP contribution in [0.4, 0.5) is 10.1 Å². The van der Waals surface area contributed by atoms with Crippen molar-refractivity contribution in [3.05, 3.63) is 90.1 Å². The van der Waals surface area contributed by atoms with E-state index in [4.69, 9.17) is 11.6 Å². The molecule has 6 N–H and O–H groups in total. The zero-order valence-corrected chi connectivity index (χ0v) is 17.7. The fraction of sp³-hybridized carbons (Fsp3) is 0.0435. The van der Waals surface area contributed by atoms with Crippen LogP contribution in [0.15, 0.2) is 78.3 Å². The minimum atomic E-state index is -0.630. The third-order valence-corrected chi connectivity index (χ3v) is 4.94. The Kier molecular flexibility index (Phi) is 6.09. The Morgan fingerprint density at radius 1 is 1.09 bits per heavy atom. The third kappa shape index (κ3) is 4.55. The second-order valence-electron chi connectivity index (χ2n) is 7.12. The number of para-hydroxylation sites is 1. The number of hydrogen-bond acceptors (Lipinski definition) is 6.